The number of nitrogens with zero attached hydrogens (tertiary/aromatic N) is 1. The number of hydrogen-bond acceptors (Lipinski definition) is 2. The van der Waals surface area contributed by atoms with Crippen LogP contribution in [-0.2, 0) is 4.79 Å². The Morgan fingerprint density at radius 2 is 1.92 bits per heavy atom. The fourth-order valence-electron chi connectivity index (χ4n) is 0.837. The van der Waals surface area contributed by atoms with E-state index >= 15 is 0 Å². The summed E-state index contributed by atoms with van der Waals surface area (Å²) in [6.45, 7) is 6.15. The molecule has 0 rings (SSSR count). The molecule has 1 N–H and O–H groups in total. The summed E-state index contributed by atoms with van der Waals surface area (Å²) in [7, 11) is 0. The van der Waals surface area contributed by atoms with E-state index in [0.29, 0.717) is 13.1 Å². The third-order valence-corrected chi connectivity index (χ3v) is 1.47. The molecule has 0 saturated carbocycles. The summed E-state index contributed by atoms with van der Waals surface area (Å²) in [6.07, 6.45) is 0.876. The van der Waals surface area contributed by atoms with Gasteiger partial charge in [0.15, 0.2) is 0 Å². The summed E-state index contributed by atoms with van der Waals surface area (Å²) < 4.78 is 0. The van der Waals surface area contributed by atoms with E-state index in [1.54, 1.807) is 6.92 Å². The van der Waals surface area contributed by atoms with Crippen LogP contribution in [0.3, 0.4) is 0 Å². The molecule has 0 bridgehead atoms. The average Bonchev–Trinajstić information content (AvgIpc) is 2.01. The molecule has 0 heterocycles. The van der Waals surface area contributed by atoms with Crippen LogP contribution in [0.25, 0.3) is 0 Å². The molecule has 0 aromatic carbocycles. The number of imide groups is 1. The molecule has 0 aromatic heterocycles. The zero-order valence-corrected chi connectivity index (χ0v) is 7.89. The maximum Gasteiger partial charge on any atom is 0.324 e. The van der Waals surface area contributed by atoms with Gasteiger partial charge in [0.05, 0.1) is 0 Å². The van der Waals surface area contributed by atoms with Gasteiger partial charge in [-0.25, -0.2) is 4.79 Å². The van der Waals surface area contributed by atoms with E-state index in [1.807, 2.05) is 6.92 Å². The summed E-state index contributed by atoms with van der Waals surface area (Å²) in [5.41, 5.74) is 0. The van der Waals surface area contributed by atoms with E-state index in [0.717, 1.165) is 6.42 Å². The molecule has 0 atom stereocenters. The minimum absolute atomic E-state index is 0.217. The zero-order valence-electron chi connectivity index (χ0n) is 7.89. The molecule has 0 unspecified atom stereocenters. The summed E-state index contributed by atoms with van der Waals surface area (Å²) in [6, 6.07) is -0.299. The highest BCUT2D eigenvalue weighted by molar-refractivity contribution is 5.93. The van der Waals surface area contributed by atoms with Gasteiger partial charge in [-0.2, -0.15) is 0 Å². The minimum atomic E-state index is -0.299. The van der Waals surface area contributed by atoms with E-state index < -0.39 is 0 Å². The molecule has 0 aliphatic rings. The quantitative estimate of drug-likeness (QED) is 0.689. The van der Waals surface area contributed by atoms with Crippen molar-refractivity contribution < 1.29 is 9.59 Å². The van der Waals surface area contributed by atoms with Crippen LogP contribution in [0.15, 0.2) is 0 Å². The van der Waals surface area contributed by atoms with Crippen molar-refractivity contribution in [2.75, 3.05) is 13.1 Å². The molecule has 4 heteroatoms. The molecule has 0 saturated heterocycles. The Morgan fingerprint density at radius 3 is 2.25 bits per heavy atom. The second kappa shape index (κ2) is 5.57. The number of carbonyl (C=O) groups excluding carboxylic acids is 2. The van der Waals surface area contributed by atoms with Crippen LogP contribution >= 0.6 is 0 Å². The van der Waals surface area contributed by atoms with Gasteiger partial charge in [-0.15, -0.1) is 0 Å². The van der Waals surface area contributed by atoms with Gasteiger partial charge in [0, 0.05) is 20.0 Å². The Kier molecular flexibility index (Phi) is 5.08. The van der Waals surface area contributed by atoms with Gasteiger partial charge in [-0.05, 0) is 13.3 Å². The summed E-state index contributed by atoms with van der Waals surface area (Å²) >= 11 is 0. The number of rotatable bonds is 3. The Morgan fingerprint density at radius 1 is 1.33 bits per heavy atom. The largest absolute Gasteiger partial charge is 0.338 e. The lowest BCUT2D eigenvalue weighted by atomic mass is 10.4. The molecule has 4 nitrogen and oxygen atoms in total. The van der Waals surface area contributed by atoms with Gasteiger partial charge >= 0.3 is 6.03 Å². The first-order valence-corrected chi connectivity index (χ1v) is 4.19. The predicted octanol–water partition coefficient (Wildman–Crippen LogP) is 0.974. The second-order valence-corrected chi connectivity index (χ2v) is 2.50. The van der Waals surface area contributed by atoms with Crippen molar-refractivity contribution in [2.24, 2.45) is 0 Å². The third-order valence-electron chi connectivity index (χ3n) is 1.47. The molecule has 12 heavy (non-hydrogen) atoms. The lowest BCUT2D eigenvalue weighted by Crippen LogP contribution is -2.42. The topological polar surface area (TPSA) is 49.4 Å². The number of nitrogens with one attached hydrogen (secondary N) is 1. The molecule has 0 aliphatic heterocycles. The van der Waals surface area contributed by atoms with Crippen LogP contribution < -0.4 is 5.32 Å². The van der Waals surface area contributed by atoms with Crippen molar-refractivity contribution in [3.63, 3.8) is 0 Å². The number of carbonyl (C=O) groups is 2. The van der Waals surface area contributed by atoms with Crippen molar-refractivity contribution in [1.82, 2.24) is 10.2 Å². The Labute approximate surface area is 72.9 Å². The maximum atomic E-state index is 11.2. The van der Waals surface area contributed by atoms with E-state index in [4.69, 9.17) is 0 Å². The Hall–Kier alpha value is -1.06. The molecule has 3 amide bonds. The SMILES string of the molecule is CCCNC(=O)N(CC)C(C)=O. The van der Waals surface area contributed by atoms with E-state index in [9.17, 15) is 9.59 Å². The Balaban J connectivity index is 3.95. The van der Waals surface area contributed by atoms with Crippen molar-refractivity contribution in [3.8, 4) is 0 Å². The van der Waals surface area contributed by atoms with E-state index in [2.05, 4.69) is 5.32 Å². The molecule has 0 aromatic rings. The van der Waals surface area contributed by atoms with Gasteiger partial charge in [0.2, 0.25) is 5.91 Å². The molecular formula is C8H16N2O2. The summed E-state index contributed by atoms with van der Waals surface area (Å²) in [5.74, 6) is -0.217. The molecule has 70 valence electrons. The number of amides is 3. The van der Waals surface area contributed by atoms with Crippen molar-refractivity contribution in [3.05, 3.63) is 0 Å². The van der Waals surface area contributed by atoms with Crippen LogP contribution in [0, 0.1) is 0 Å². The van der Waals surface area contributed by atoms with Crippen LogP contribution in [0.4, 0.5) is 4.79 Å². The van der Waals surface area contributed by atoms with Crippen LogP contribution in [0.5, 0.6) is 0 Å². The standard InChI is InChI=1S/C8H16N2O2/c1-4-6-9-8(12)10(5-2)7(3)11/h4-6H2,1-3H3,(H,9,12). The second-order valence-electron chi connectivity index (χ2n) is 2.50. The number of hydrogen-bond donors (Lipinski definition) is 1. The fourth-order valence-corrected chi connectivity index (χ4v) is 0.837. The smallest absolute Gasteiger partial charge is 0.324 e. The highest BCUT2D eigenvalue weighted by Crippen LogP contribution is 1.89. The van der Waals surface area contributed by atoms with Crippen LogP contribution in [0.2, 0.25) is 0 Å². The fraction of sp³-hybridized carbons (Fsp3) is 0.750. The van der Waals surface area contributed by atoms with Gasteiger partial charge in [-0.1, -0.05) is 6.92 Å². The maximum absolute atomic E-state index is 11.2. The van der Waals surface area contributed by atoms with Crippen molar-refractivity contribution in [2.45, 2.75) is 27.2 Å². The first-order chi connectivity index (χ1) is 5.63. The Bertz CT molecular complexity index is 168. The van der Waals surface area contributed by atoms with Crippen LogP contribution in [0.1, 0.15) is 27.2 Å². The van der Waals surface area contributed by atoms with Gasteiger partial charge in [0.25, 0.3) is 0 Å². The highest BCUT2D eigenvalue weighted by Gasteiger charge is 2.13. The lowest BCUT2D eigenvalue weighted by molar-refractivity contribution is -0.125. The summed E-state index contributed by atoms with van der Waals surface area (Å²) in [5, 5.41) is 2.63. The number of urea groups is 1. The highest BCUT2D eigenvalue weighted by atomic mass is 16.2. The van der Waals surface area contributed by atoms with Crippen molar-refractivity contribution in [1.29, 1.82) is 0 Å². The normalized spacial score (nSPS) is 9.25. The van der Waals surface area contributed by atoms with E-state index in [1.165, 1.54) is 11.8 Å². The molecule has 0 aliphatic carbocycles. The molecular weight excluding hydrogens is 156 g/mol. The van der Waals surface area contributed by atoms with E-state index in [-0.39, 0.29) is 11.9 Å². The van der Waals surface area contributed by atoms with Gasteiger partial charge < -0.3 is 5.32 Å². The minimum Gasteiger partial charge on any atom is -0.338 e. The molecule has 0 fully saturated rings. The molecule has 0 radical (unpaired) electrons. The van der Waals surface area contributed by atoms with Crippen LogP contribution in [-0.4, -0.2) is 29.9 Å². The first kappa shape index (κ1) is 10.9. The van der Waals surface area contributed by atoms with Gasteiger partial charge in [0.1, 0.15) is 0 Å². The van der Waals surface area contributed by atoms with Crippen molar-refractivity contribution >= 4 is 11.9 Å². The molecule has 0 spiro atoms. The predicted molar refractivity (Wildman–Crippen MR) is 46.8 cm³/mol. The first-order valence-electron chi connectivity index (χ1n) is 4.19. The van der Waals surface area contributed by atoms with Gasteiger partial charge in [-0.3, -0.25) is 9.69 Å². The third kappa shape index (κ3) is 3.37. The average molecular weight is 172 g/mol. The monoisotopic (exact) mass is 172 g/mol. The summed E-state index contributed by atoms with van der Waals surface area (Å²) in [4.78, 5) is 23.2. The lowest BCUT2D eigenvalue weighted by Gasteiger charge is -2.16. The zero-order chi connectivity index (χ0) is 9.56.